The van der Waals surface area contributed by atoms with Crippen LogP contribution in [0.25, 0.3) is 0 Å². The van der Waals surface area contributed by atoms with Crippen LogP contribution < -0.4 is 19.6 Å². The van der Waals surface area contributed by atoms with E-state index in [1.54, 1.807) is 24.4 Å². The summed E-state index contributed by atoms with van der Waals surface area (Å²) >= 11 is 0. The van der Waals surface area contributed by atoms with Crippen LogP contribution in [0.4, 0.5) is 0 Å². The number of nitrogens with one attached hydrogen (secondary N) is 1. The van der Waals surface area contributed by atoms with Crippen molar-refractivity contribution in [2.24, 2.45) is 5.10 Å². The predicted octanol–water partition coefficient (Wildman–Crippen LogP) is 3.76. The Morgan fingerprint density at radius 1 is 1.00 bits per heavy atom. The third-order valence-electron chi connectivity index (χ3n) is 4.14. The van der Waals surface area contributed by atoms with Crippen LogP contribution in [0.1, 0.15) is 21.5 Å². The highest BCUT2D eigenvalue weighted by atomic mass is 16.7. The first-order chi connectivity index (χ1) is 13.8. The fourth-order valence-electron chi connectivity index (χ4n) is 2.66. The third-order valence-corrected chi connectivity index (χ3v) is 4.14. The highest BCUT2D eigenvalue weighted by Crippen LogP contribution is 2.31. The molecular weight excluding hydrogens is 356 g/mol. The summed E-state index contributed by atoms with van der Waals surface area (Å²) in [6, 6.07) is 22.3. The maximum atomic E-state index is 12.2. The van der Waals surface area contributed by atoms with E-state index in [1.165, 1.54) is 0 Å². The number of rotatable bonds is 6. The highest BCUT2D eigenvalue weighted by Gasteiger charge is 2.12. The summed E-state index contributed by atoms with van der Waals surface area (Å²) < 4.78 is 16.3. The van der Waals surface area contributed by atoms with Crippen molar-refractivity contribution >= 4 is 12.1 Å². The molecule has 1 heterocycles. The standard InChI is InChI=1S/C22H18N2O4/c25-22(24-23-13-17-8-11-20-21(12-17)28-15-27-20)18-9-6-16(7-10-18)14-26-19-4-2-1-3-5-19/h1-13H,14-15H2,(H,24,25)/b23-13-. The molecule has 1 aliphatic rings. The monoisotopic (exact) mass is 374 g/mol. The molecule has 0 fully saturated rings. The summed E-state index contributed by atoms with van der Waals surface area (Å²) in [5.74, 6) is 1.90. The van der Waals surface area contributed by atoms with Crippen molar-refractivity contribution < 1.29 is 19.0 Å². The molecule has 1 N–H and O–H groups in total. The lowest BCUT2D eigenvalue weighted by Crippen LogP contribution is -2.17. The van der Waals surface area contributed by atoms with Crippen molar-refractivity contribution in [1.82, 2.24) is 5.43 Å². The Kier molecular flexibility index (Phi) is 5.20. The average Bonchev–Trinajstić information content (AvgIpc) is 3.21. The van der Waals surface area contributed by atoms with Gasteiger partial charge >= 0.3 is 0 Å². The molecule has 3 aromatic carbocycles. The lowest BCUT2D eigenvalue weighted by molar-refractivity contribution is 0.0955. The van der Waals surface area contributed by atoms with Crippen molar-refractivity contribution in [2.75, 3.05) is 6.79 Å². The molecule has 0 saturated heterocycles. The molecule has 0 aliphatic carbocycles. The van der Waals surface area contributed by atoms with E-state index in [1.807, 2.05) is 54.6 Å². The van der Waals surface area contributed by atoms with Crippen LogP contribution in [-0.2, 0) is 6.61 Å². The minimum atomic E-state index is -0.285. The maximum Gasteiger partial charge on any atom is 0.271 e. The molecule has 0 spiro atoms. The molecule has 0 atom stereocenters. The number of para-hydroxylation sites is 1. The molecule has 140 valence electrons. The zero-order valence-electron chi connectivity index (χ0n) is 15.0. The van der Waals surface area contributed by atoms with E-state index >= 15 is 0 Å². The predicted molar refractivity (Wildman–Crippen MR) is 105 cm³/mol. The first-order valence-corrected chi connectivity index (χ1v) is 8.78. The number of amides is 1. The summed E-state index contributed by atoms with van der Waals surface area (Å²) in [7, 11) is 0. The van der Waals surface area contributed by atoms with Gasteiger partial charge in [-0.1, -0.05) is 30.3 Å². The van der Waals surface area contributed by atoms with E-state index in [0.717, 1.165) is 16.9 Å². The van der Waals surface area contributed by atoms with E-state index in [-0.39, 0.29) is 12.7 Å². The molecular formula is C22H18N2O4. The molecule has 1 amide bonds. The van der Waals surface area contributed by atoms with E-state index in [9.17, 15) is 4.79 Å². The molecule has 0 saturated carbocycles. The van der Waals surface area contributed by atoms with Crippen molar-refractivity contribution in [3.8, 4) is 17.2 Å². The Morgan fingerprint density at radius 3 is 2.61 bits per heavy atom. The zero-order valence-corrected chi connectivity index (χ0v) is 15.0. The topological polar surface area (TPSA) is 69.2 Å². The SMILES string of the molecule is O=C(N/N=C\c1ccc2c(c1)OCO2)c1ccc(COc2ccccc2)cc1. The fraction of sp³-hybridized carbons (Fsp3) is 0.0909. The summed E-state index contributed by atoms with van der Waals surface area (Å²) in [5, 5.41) is 4.00. The molecule has 0 unspecified atom stereocenters. The Bertz CT molecular complexity index is 985. The van der Waals surface area contributed by atoms with Crippen molar-refractivity contribution in [2.45, 2.75) is 6.61 Å². The number of carbonyl (C=O) groups excluding carboxylic acids is 1. The summed E-state index contributed by atoms with van der Waals surface area (Å²) in [5.41, 5.74) is 4.82. The maximum absolute atomic E-state index is 12.2. The third kappa shape index (κ3) is 4.29. The number of hydrazone groups is 1. The van der Waals surface area contributed by atoms with Gasteiger partial charge < -0.3 is 14.2 Å². The van der Waals surface area contributed by atoms with E-state index < -0.39 is 0 Å². The van der Waals surface area contributed by atoms with Crippen LogP contribution in [0, 0.1) is 0 Å². The van der Waals surface area contributed by atoms with E-state index in [4.69, 9.17) is 14.2 Å². The minimum Gasteiger partial charge on any atom is -0.489 e. The zero-order chi connectivity index (χ0) is 19.2. The molecule has 4 rings (SSSR count). The molecule has 6 nitrogen and oxygen atoms in total. The lowest BCUT2D eigenvalue weighted by Gasteiger charge is -2.06. The van der Waals surface area contributed by atoms with Crippen molar-refractivity contribution in [1.29, 1.82) is 0 Å². The quantitative estimate of drug-likeness (QED) is 0.527. The van der Waals surface area contributed by atoms with Crippen LogP contribution in [0.15, 0.2) is 77.9 Å². The number of ether oxygens (including phenoxy) is 3. The second kappa shape index (κ2) is 8.26. The van der Waals surface area contributed by atoms with E-state index in [2.05, 4.69) is 10.5 Å². The molecule has 0 radical (unpaired) electrons. The van der Waals surface area contributed by atoms with Crippen molar-refractivity contribution in [3.05, 3.63) is 89.5 Å². The Hall–Kier alpha value is -3.80. The lowest BCUT2D eigenvalue weighted by atomic mass is 10.1. The van der Waals surface area contributed by atoms with Gasteiger partial charge in [0.05, 0.1) is 6.21 Å². The van der Waals surface area contributed by atoms with Crippen molar-refractivity contribution in [3.63, 3.8) is 0 Å². The number of nitrogens with zero attached hydrogens (tertiary/aromatic N) is 1. The van der Waals surface area contributed by atoms with Crippen LogP contribution in [0.5, 0.6) is 17.2 Å². The summed E-state index contributed by atoms with van der Waals surface area (Å²) in [6.45, 7) is 0.660. The van der Waals surface area contributed by atoms with Gasteiger partial charge in [-0.05, 0) is 53.6 Å². The largest absolute Gasteiger partial charge is 0.489 e. The molecule has 1 aliphatic heterocycles. The second-order valence-corrected chi connectivity index (χ2v) is 6.11. The number of hydrogen-bond acceptors (Lipinski definition) is 5. The normalized spacial score (nSPS) is 12.1. The van der Waals surface area contributed by atoms with Crippen LogP contribution >= 0.6 is 0 Å². The smallest absolute Gasteiger partial charge is 0.271 e. The average molecular weight is 374 g/mol. The van der Waals surface area contributed by atoms with Gasteiger partial charge in [-0.3, -0.25) is 4.79 Å². The van der Waals surface area contributed by atoms with Gasteiger partial charge in [0.25, 0.3) is 5.91 Å². The van der Waals surface area contributed by atoms with Gasteiger partial charge in [-0.25, -0.2) is 5.43 Å². The van der Waals surface area contributed by atoms with Gasteiger partial charge in [-0.15, -0.1) is 0 Å². The highest BCUT2D eigenvalue weighted by molar-refractivity contribution is 5.94. The molecule has 28 heavy (non-hydrogen) atoms. The van der Waals surface area contributed by atoms with Crippen LogP contribution in [0.3, 0.4) is 0 Å². The van der Waals surface area contributed by atoms with Crippen LogP contribution in [-0.4, -0.2) is 18.9 Å². The molecule has 0 bridgehead atoms. The minimum absolute atomic E-state index is 0.221. The number of benzene rings is 3. The Balaban J connectivity index is 1.31. The van der Waals surface area contributed by atoms with Crippen LogP contribution in [0.2, 0.25) is 0 Å². The van der Waals surface area contributed by atoms with E-state index in [0.29, 0.717) is 23.7 Å². The van der Waals surface area contributed by atoms with Gasteiger partial charge in [0.15, 0.2) is 11.5 Å². The second-order valence-electron chi connectivity index (χ2n) is 6.11. The Morgan fingerprint density at radius 2 is 1.79 bits per heavy atom. The fourth-order valence-corrected chi connectivity index (χ4v) is 2.66. The Labute approximate surface area is 162 Å². The summed E-state index contributed by atoms with van der Waals surface area (Å²) in [4.78, 5) is 12.2. The molecule has 3 aromatic rings. The first kappa shape index (κ1) is 17.6. The van der Waals surface area contributed by atoms with Gasteiger partial charge in [-0.2, -0.15) is 5.10 Å². The van der Waals surface area contributed by atoms with Gasteiger partial charge in [0.1, 0.15) is 12.4 Å². The van der Waals surface area contributed by atoms with Gasteiger partial charge in [0.2, 0.25) is 6.79 Å². The molecule has 6 heteroatoms. The number of hydrogen-bond donors (Lipinski definition) is 1. The number of fused-ring (bicyclic) bond motifs is 1. The van der Waals surface area contributed by atoms with Gasteiger partial charge in [0, 0.05) is 5.56 Å². The molecule has 0 aromatic heterocycles. The number of carbonyl (C=O) groups is 1. The summed E-state index contributed by atoms with van der Waals surface area (Å²) in [6.07, 6.45) is 1.56. The first-order valence-electron chi connectivity index (χ1n) is 8.78.